The highest BCUT2D eigenvalue weighted by Gasteiger charge is 2.51. The number of carboxylic acid groups (broad SMARTS) is 1. The molecule has 0 amide bonds. The summed E-state index contributed by atoms with van der Waals surface area (Å²) < 4.78 is 2.09. The van der Waals surface area contributed by atoms with Crippen molar-refractivity contribution in [3.63, 3.8) is 0 Å². The maximum atomic E-state index is 11.9. The fraction of sp³-hybridized carbons (Fsp3) is 0.733. The summed E-state index contributed by atoms with van der Waals surface area (Å²) >= 11 is 0. The number of aliphatic carboxylic acids is 1. The van der Waals surface area contributed by atoms with Gasteiger partial charge in [-0.05, 0) is 51.0 Å². The third-order valence-electron chi connectivity index (χ3n) is 4.68. The van der Waals surface area contributed by atoms with E-state index in [-0.39, 0.29) is 5.92 Å². The third kappa shape index (κ3) is 2.24. The number of fused-ring (bicyclic) bond motifs is 1. The Morgan fingerprint density at radius 3 is 2.90 bits per heavy atom. The predicted molar refractivity (Wildman–Crippen MR) is 75.6 cm³/mol. The summed E-state index contributed by atoms with van der Waals surface area (Å²) in [5.74, 6) is -0.471. The molecule has 0 saturated heterocycles. The Bertz CT molecular complexity index is 507. The van der Waals surface area contributed by atoms with Crippen LogP contribution >= 0.6 is 0 Å². The van der Waals surface area contributed by atoms with Crippen LogP contribution in [0.1, 0.15) is 44.0 Å². The summed E-state index contributed by atoms with van der Waals surface area (Å²) in [6.45, 7) is 3.16. The largest absolute Gasteiger partial charge is 0.480 e. The van der Waals surface area contributed by atoms with Gasteiger partial charge in [0.15, 0.2) is 0 Å². The predicted octanol–water partition coefficient (Wildman–Crippen LogP) is 1.60. The maximum Gasteiger partial charge on any atom is 0.326 e. The van der Waals surface area contributed by atoms with Crippen molar-refractivity contribution in [3.8, 4) is 0 Å². The summed E-state index contributed by atoms with van der Waals surface area (Å²) in [5, 5.41) is 13.0. The average molecular weight is 277 g/mol. The molecule has 1 aromatic rings. The smallest absolute Gasteiger partial charge is 0.326 e. The SMILES string of the molecule is CCNC(Cn1cnc2c1CCCC2)(C(=O)O)C1CC1. The molecular formula is C15H23N3O2. The molecule has 1 aromatic heterocycles. The highest BCUT2D eigenvalue weighted by atomic mass is 16.4. The molecule has 1 saturated carbocycles. The normalized spacial score (nSPS) is 21.2. The molecule has 5 nitrogen and oxygen atoms in total. The van der Waals surface area contributed by atoms with E-state index in [1.54, 1.807) is 0 Å². The highest BCUT2D eigenvalue weighted by molar-refractivity contribution is 5.79. The van der Waals surface area contributed by atoms with Crippen molar-refractivity contribution in [3.05, 3.63) is 17.7 Å². The standard InChI is InChI=1S/C15H23N3O2/c1-2-17-15(14(19)20,11-7-8-11)9-18-10-16-12-5-3-4-6-13(12)18/h10-11,17H,2-9H2,1H3,(H,19,20). The van der Waals surface area contributed by atoms with E-state index in [0.29, 0.717) is 13.1 Å². The van der Waals surface area contributed by atoms with E-state index < -0.39 is 11.5 Å². The van der Waals surface area contributed by atoms with E-state index in [0.717, 1.165) is 25.7 Å². The molecule has 0 aliphatic heterocycles. The lowest BCUT2D eigenvalue weighted by Gasteiger charge is -2.31. The number of nitrogens with zero attached hydrogens (tertiary/aromatic N) is 2. The highest BCUT2D eigenvalue weighted by Crippen LogP contribution is 2.41. The van der Waals surface area contributed by atoms with Gasteiger partial charge in [0.05, 0.1) is 18.6 Å². The van der Waals surface area contributed by atoms with Crippen LogP contribution in [0.3, 0.4) is 0 Å². The summed E-state index contributed by atoms with van der Waals surface area (Å²) in [6.07, 6.45) is 8.31. The minimum atomic E-state index is -0.819. The van der Waals surface area contributed by atoms with Gasteiger partial charge in [-0.15, -0.1) is 0 Å². The van der Waals surface area contributed by atoms with Crippen LogP contribution in [0.4, 0.5) is 0 Å². The molecule has 0 spiro atoms. The number of aryl methyl sites for hydroxylation is 1. The van der Waals surface area contributed by atoms with E-state index in [2.05, 4.69) is 14.9 Å². The van der Waals surface area contributed by atoms with Gasteiger partial charge in [-0.25, -0.2) is 4.98 Å². The van der Waals surface area contributed by atoms with Crippen molar-refractivity contribution < 1.29 is 9.90 Å². The second kappa shape index (κ2) is 5.20. The number of nitrogens with one attached hydrogen (secondary N) is 1. The summed E-state index contributed by atoms with van der Waals surface area (Å²) in [6, 6.07) is 0. The van der Waals surface area contributed by atoms with Gasteiger partial charge >= 0.3 is 5.97 Å². The Morgan fingerprint density at radius 2 is 2.25 bits per heavy atom. The van der Waals surface area contributed by atoms with E-state index in [1.165, 1.54) is 24.2 Å². The number of likely N-dealkylation sites (N-methyl/N-ethyl adjacent to an activating group) is 1. The van der Waals surface area contributed by atoms with Crippen molar-refractivity contribution in [1.82, 2.24) is 14.9 Å². The number of rotatable bonds is 6. The Morgan fingerprint density at radius 1 is 1.50 bits per heavy atom. The summed E-state index contributed by atoms with van der Waals surface area (Å²) in [4.78, 5) is 16.4. The Balaban J connectivity index is 1.89. The average Bonchev–Trinajstić information content (AvgIpc) is 3.21. The van der Waals surface area contributed by atoms with E-state index in [1.807, 2.05) is 13.3 Å². The van der Waals surface area contributed by atoms with Crippen LogP contribution in [0.5, 0.6) is 0 Å². The molecule has 20 heavy (non-hydrogen) atoms. The Hall–Kier alpha value is -1.36. The van der Waals surface area contributed by atoms with Gasteiger partial charge in [0.25, 0.3) is 0 Å². The lowest BCUT2D eigenvalue weighted by atomic mass is 9.92. The number of carboxylic acids is 1. The molecule has 1 unspecified atom stereocenters. The van der Waals surface area contributed by atoms with Crippen molar-refractivity contribution in [2.45, 2.75) is 57.5 Å². The van der Waals surface area contributed by atoms with Crippen molar-refractivity contribution >= 4 is 5.97 Å². The maximum absolute atomic E-state index is 11.9. The molecule has 2 aliphatic rings. The van der Waals surface area contributed by atoms with Gasteiger partial charge in [0.2, 0.25) is 0 Å². The molecule has 2 N–H and O–H groups in total. The molecule has 0 aromatic carbocycles. The molecule has 5 heteroatoms. The summed E-state index contributed by atoms with van der Waals surface area (Å²) in [7, 11) is 0. The topological polar surface area (TPSA) is 67.2 Å². The Labute approximate surface area is 119 Å². The van der Waals surface area contributed by atoms with Crippen LogP contribution < -0.4 is 5.32 Å². The quantitative estimate of drug-likeness (QED) is 0.829. The minimum Gasteiger partial charge on any atom is -0.480 e. The number of hydrogen-bond acceptors (Lipinski definition) is 3. The molecular weight excluding hydrogens is 254 g/mol. The molecule has 1 atom stereocenters. The van der Waals surface area contributed by atoms with Gasteiger partial charge in [0, 0.05) is 5.69 Å². The van der Waals surface area contributed by atoms with Gasteiger partial charge in [-0.2, -0.15) is 0 Å². The van der Waals surface area contributed by atoms with Crippen LogP contribution in [0.15, 0.2) is 6.33 Å². The second-order valence-corrected chi connectivity index (χ2v) is 6.05. The fourth-order valence-electron chi connectivity index (χ4n) is 3.47. The van der Waals surface area contributed by atoms with Crippen LogP contribution in [-0.2, 0) is 24.2 Å². The molecule has 1 fully saturated rings. The lowest BCUT2D eigenvalue weighted by molar-refractivity contribution is -0.146. The lowest BCUT2D eigenvalue weighted by Crippen LogP contribution is -2.57. The van der Waals surface area contributed by atoms with Crippen molar-refractivity contribution in [2.24, 2.45) is 5.92 Å². The summed E-state index contributed by atoms with van der Waals surface area (Å²) in [5.41, 5.74) is 1.60. The third-order valence-corrected chi connectivity index (χ3v) is 4.68. The van der Waals surface area contributed by atoms with Crippen LogP contribution in [0, 0.1) is 5.92 Å². The number of hydrogen-bond donors (Lipinski definition) is 2. The van der Waals surface area contributed by atoms with E-state index in [4.69, 9.17) is 0 Å². The van der Waals surface area contributed by atoms with Gasteiger partial charge in [0.1, 0.15) is 5.54 Å². The molecule has 110 valence electrons. The molecule has 3 rings (SSSR count). The minimum absolute atomic E-state index is 0.251. The van der Waals surface area contributed by atoms with Crippen LogP contribution in [-0.4, -0.2) is 32.7 Å². The first-order chi connectivity index (χ1) is 9.67. The first-order valence-electron chi connectivity index (χ1n) is 7.68. The van der Waals surface area contributed by atoms with Crippen molar-refractivity contribution in [1.29, 1.82) is 0 Å². The first-order valence-corrected chi connectivity index (χ1v) is 7.68. The Kier molecular flexibility index (Phi) is 3.54. The van der Waals surface area contributed by atoms with Crippen LogP contribution in [0.2, 0.25) is 0 Å². The zero-order valence-corrected chi connectivity index (χ0v) is 12.1. The van der Waals surface area contributed by atoms with Gasteiger partial charge in [-0.3, -0.25) is 4.79 Å². The zero-order chi connectivity index (χ0) is 14.2. The van der Waals surface area contributed by atoms with E-state index >= 15 is 0 Å². The first kappa shape index (κ1) is 13.6. The second-order valence-electron chi connectivity index (χ2n) is 6.05. The number of aromatic nitrogens is 2. The van der Waals surface area contributed by atoms with Gasteiger partial charge < -0.3 is 15.0 Å². The van der Waals surface area contributed by atoms with E-state index in [9.17, 15) is 9.90 Å². The molecule has 2 aliphatic carbocycles. The molecule has 0 radical (unpaired) electrons. The number of imidazole rings is 1. The fourth-order valence-corrected chi connectivity index (χ4v) is 3.47. The van der Waals surface area contributed by atoms with Crippen molar-refractivity contribution in [2.75, 3.05) is 6.54 Å². The number of carbonyl (C=O) groups is 1. The zero-order valence-electron chi connectivity index (χ0n) is 12.1. The van der Waals surface area contributed by atoms with Crippen LogP contribution in [0.25, 0.3) is 0 Å². The monoisotopic (exact) mass is 277 g/mol. The van der Waals surface area contributed by atoms with Gasteiger partial charge in [-0.1, -0.05) is 6.92 Å². The molecule has 1 heterocycles. The molecule has 0 bridgehead atoms.